The Hall–Kier alpha value is -4.22. The molecular formula is C30H29ClN8O2S. The molecule has 214 valence electrons. The number of hydrogen-bond acceptors (Lipinski definition) is 7. The second-order valence-electron chi connectivity index (χ2n) is 10.6. The summed E-state index contributed by atoms with van der Waals surface area (Å²) in [6.07, 6.45) is 7.19. The van der Waals surface area contributed by atoms with E-state index >= 15 is 0 Å². The number of aryl methyl sites for hydroxylation is 1. The number of piperazine rings is 1. The molecule has 7 rings (SSSR count). The number of halogens is 1. The number of thiazole rings is 1. The van der Waals surface area contributed by atoms with Gasteiger partial charge in [-0.25, -0.2) is 9.97 Å². The number of hydrogen-bond donors (Lipinski definition) is 1. The molecule has 5 aromatic rings. The number of carbonyl (C=O) groups excluding carboxylic acids is 2. The highest BCUT2D eigenvalue weighted by atomic mass is 35.5. The number of nitrogens with zero attached hydrogens (tertiary/aromatic N) is 7. The van der Waals surface area contributed by atoms with Gasteiger partial charge in [0.05, 0.1) is 22.6 Å². The summed E-state index contributed by atoms with van der Waals surface area (Å²) in [6.45, 7) is 5.60. The van der Waals surface area contributed by atoms with Crippen LogP contribution in [0.15, 0.2) is 60.5 Å². The Morgan fingerprint density at radius 1 is 1.02 bits per heavy atom. The smallest absolute Gasteiger partial charge is 0.257 e. The van der Waals surface area contributed by atoms with Crippen molar-refractivity contribution < 1.29 is 9.59 Å². The zero-order valence-corrected chi connectivity index (χ0v) is 24.6. The summed E-state index contributed by atoms with van der Waals surface area (Å²) < 4.78 is 3.79. The van der Waals surface area contributed by atoms with Crippen molar-refractivity contribution in [3.8, 4) is 11.1 Å². The van der Waals surface area contributed by atoms with E-state index in [1.165, 1.54) is 11.3 Å². The van der Waals surface area contributed by atoms with Crippen molar-refractivity contribution in [2.24, 2.45) is 0 Å². The third-order valence-electron chi connectivity index (χ3n) is 8.11. The van der Waals surface area contributed by atoms with Crippen LogP contribution in [0.2, 0.25) is 5.02 Å². The average Bonchev–Trinajstić information content (AvgIpc) is 3.80. The van der Waals surface area contributed by atoms with Gasteiger partial charge in [-0.2, -0.15) is 5.10 Å². The minimum Gasteiger partial charge on any atom is -0.368 e. The van der Waals surface area contributed by atoms with Crippen molar-refractivity contribution in [1.82, 2.24) is 29.2 Å². The molecule has 2 aliphatic heterocycles. The molecule has 0 saturated carbocycles. The van der Waals surface area contributed by atoms with Crippen molar-refractivity contribution in [2.45, 2.75) is 32.4 Å². The largest absolute Gasteiger partial charge is 0.368 e. The number of anilines is 2. The van der Waals surface area contributed by atoms with Crippen LogP contribution in [0.1, 0.15) is 30.8 Å². The van der Waals surface area contributed by atoms with Crippen molar-refractivity contribution in [3.63, 3.8) is 0 Å². The van der Waals surface area contributed by atoms with Gasteiger partial charge in [0.15, 0.2) is 11.2 Å². The van der Waals surface area contributed by atoms with Crippen LogP contribution in [-0.4, -0.2) is 67.2 Å². The van der Waals surface area contributed by atoms with E-state index < -0.39 is 6.04 Å². The van der Waals surface area contributed by atoms with Gasteiger partial charge in [0.25, 0.3) is 5.91 Å². The number of carbonyl (C=O) groups is 2. The summed E-state index contributed by atoms with van der Waals surface area (Å²) in [7, 11) is 0. The molecule has 2 aromatic carbocycles. The van der Waals surface area contributed by atoms with Gasteiger partial charge in [0.1, 0.15) is 0 Å². The molecule has 1 N–H and O–H groups in total. The van der Waals surface area contributed by atoms with Gasteiger partial charge in [0, 0.05) is 74.2 Å². The normalized spacial score (nSPS) is 15.7. The number of imidazole rings is 1. The van der Waals surface area contributed by atoms with Crippen molar-refractivity contribution >= 4 is 56.5 Å². The fourth-order valence-corrected chi connectivity index (χ4v) is 6.70. The fourth-order valence-electron chi connectivity index (χ4n) is 5.90. The summed E-state index contributed by atoms with van der Waals surface area (Å²) in [4.78, 5) is 38.4. The lowest BCUT2D eigenvalue weighted by Crippen LogP contribution is -2.48. The highest BCUT2D eigenvalue weighted by Crippen LogP contribution is 2.34. The molecule has 1 saturated heterocycles. The standard InChI is InChI=1S/C30H29ClN8O2S/c1-19(40)36-10-12-37(13-11-36)22-6-4-20(5-7-22)21-15-24(31)23-17-39(35-25(23)16-21)28(29(41)34-30-32-8-14-42-30)27-26-3-2-9-38(26)18-33-27/h4-8,14-18,28H,2-3,9-13H2,1H3,(H,32,34,41). The second-order valence-corrected chi connectivity index (χ2v) is 11.9. The predicted molar refractivity (Wildman–Crippen MR) is 164 cm³/mol. The molecule has 1 unspecified atom stereocenters. The first-order valence-corrected chi connectivity index (χ1v) is 15.2. The minimum atomic E-state index is -0.766. The minimum absolute atomic E-state index is 0.125. The fraction of sp³-hybridized carbons (Fsp3) is 0.300. The monoisotopic (exact) mass is 600 g/mol. The zero-order valence-electron chi connectivity index (χ0n) is 23.0. The van der Waals surface area contributed by atoms with Crippen LogP contribution in [0.4, 0.5) is 10.8 Å². The lowest BCUT2D eigenvalue weighted by molar-refractivity contribution is -0.129. The van der Waals surface area contributed by atoms with Gasteiger partial charge in [-0.05, 0) is 48.2 Å². The van der Waals surface area contributed by atoms with Gasteiger partial charge < -0.3 is 14.4 Å². The summed E-state index contributed by atoms with van der Waals surface area (Å²) >= 11 is 8.18. The van der Waals surface area contributed by atoms with Crippen LogP contribution in [0, 0.1) is 0 Å². The molecule has 2 aliphatic rings. The average molecular weight is 601 g/mol. The molecule has 2 amide bonds. The number of amides is 2. The highest BCUT2D eigenvalue weighted by molar-refractivity contribution is 7.13. The van der Waals surface area contributed by atoms with E-state index in [9.17, 15) is 9.59 Å². The van der Waals surface area contributed by atoms with Crippen LogP contribution >= 0.6 is 22.9 Å². The van der Waals surface area contributed by atoms with Crippen LogP contribution in [0.25, 0.3) is 22.0 Å². The molecular weight excluding hydrogens is 572 g/mol. The lowest BCUT2D eigenvalue weighted by Gasteiger charge is -2.35. The Labute approximate surface area is 251 Å². The van der Waals surface area contributed by atoms with E-state index in [1.54, 1.807) is 17.8 Å². The molecule has 0 radical (unpaired) electrons. The highest BCUT2D eigenvalue weighted by Gasteiger charge is 2.32. The van der Waals surface area contributed by atoms with Crippen LogP contribution in [0.3, 0.4) is 0 Å². The number of rotatable bonds is 6. The second kappa shape index (κ2) is 10.9. The van der Waals surface area contributed by atoms with Crippen LogP contribution < -0.4 is 10.2 Å². The maximum absolute atomic E-state index is 13.7. The van der Waals surface area contributed by atoms with E-state index in [2.05, 4.69) is 49.0 Å². The first kappa shape index (κ1) is 26.7. The number of aromatic nitrogens is 5. The maximum atomic E-state index is 13.7. The van der Waals surface area contributed by atoms with Gasteiger partial charge in [0.2, 0.25) is 5.91 Å². The third-order valence-corrected chi connectivity index (χ3v) is 9.11. The van der Waals surface area contributed by atoms with E-state index in [0.29, 0.717) is 21.4 Å². The Bertz CT molecular complexity index is 1770. The molecule has 0 spiro atoms. The van der Waals surface area contributed by atoms with Crippen molar-refractivity contribution in [3.05, 3.63) is 76.9 Å². The summed E-state index contributed by atoms with van der Waals surface area (Å²) in [6, 6.07) is 11.6. The molecule has 12 heteroatoms. The maximum Gasteiger partial charge on any atom is 0.257 e. The Morgan fingerprint density at radius 2 is 1.83 bits per heavy atom. The molecule has 3 aromatic heterocycles. The quantitative estimate of drug-likeness (QED) is 0.299. The van der Waals surface area contributed by atoms with E-state index in [4.69, 9.17) is 16.7 Å². The summed E-state index contributed by atoms with van der Waals surface area (Å²) in [5.74, 6) is -0.123. The molecule has 10 nitrogen and oxygen atoms in total. The van der Waals surface area contributed by atoms with E-state index in [-0.39, 0.29) is 11.8 Å². The van der Waals surface area contributed by atoms with E-state index in [1.807, 2.05) is 34.9 Å². The molecule has 0 bridgehead atoms. The van der Waals surface area contributed by atoms with Crippen LogP contribution in [0.5, 0.6) is 0 Å². The van der Waals surface area contributed by atoms with Gasteiger partial charge in [-0.1, -0.05) is 23.7 Å². The molecule has 1 fully saturated rings. The number of benzene rings is 2. The predicted octanol–water partition coefficient (Wildman–Crippen LogP) is 4.85. The summed E-state index contributed by atoms with van der Waals surface area (Å²) in [5.41, 5.74) is 5.54. The SMILES string of the molecule is CC(=O)N1CCN(c2ccc(-c3cc(Cl)c4cn(C(C(=O)Nc5nccs5)c5ncn6c5CCC6)nc4c3)cc2)CC1. The molecule has 42 heavy (non-hydrogen) atoms. The van der Waals surface area contributed by atoms with Crippen molar-refractivity contribution in [1.29, 1.82) is 0 Å². The zero-order chi connectivity index (χ0) is 28.8. The lowest BCUT2D eigenvalue weighted by atomic mass is 10.0. The third kappa shape index (κ3) is 4.92. The number of fused-ring (bicyclic) bond motifs is 2. The Balaban J connectivity index is 1.19. The molecule has 5 heterocycles. The van der Waals surface area contributed by atoms with Gasteiger partial charge in [-0.3, -0.25) is 19.6 Å². The molecule has 0 aliphatic carbocycles. The Morgan fingerprint density at radius 3 is 2.57 bits per heavy atom. The van der Waals surface area contributed by atoms with E-state index in [0.717, 1.165) is 73.5 Å². The van der Waals surface area contributed by atoms with Crippen molar-refractivity contribution in [2.75, 3.05) is 36.4 Å². The first-order valence-electron chi connectivity index (χ1n) is 14.0. The van der Waals surface area contributed by atoms with Gasteiger partial charge in [-0.15, -0.1) is 11.3 Å². The topological polar surface area (TPSA) is 101 Å². The number of nitrogens with one attached hydrogen (secondary N) is 1. The van der Waals surface area contributed by atoms with Crippen LogP contribution in [-0.2, 0) is 22.6 Å². The first-order chi connectivity index (χ1) is 20.4. The Kier molecular flexibility index (Phi) is 6.91. The summed E-state index contributed by atoms with van der Waals surface area (Å²) in [5, 5.41) is 11.5. The molecule has 1 atom stereocenters. The van der Waals surface area contributed by atoms with Gasteiger partial charge >= 0.3 is 0 Å².